The van der Waals surface area contributed by atoms with Gasteiger partial charge in [0.2, 0.25) is 0 Å². The van der Waals surface area contributed by atoms with Crippen LogP contribution in [0.2, 0.25) is 0 Å². The fourth-order valence-corrected chi connectivity index (χ4v) is 3.74. The van der Waals surface area contributed by atoms with Gasteiger partial charge in [-0.1, -0.05) is 56.3 Å². The van der Waals surface area contributed by atoms with Gasteiger partial charge in [-0.25, -0.2) is 0 Å². The highest BCUT2D eigenvalue weighted by Gasteiger charge is 2.37. The molecule has 0 amide bonds. The lowest BCUT2D eigenvalue weighted by atomic mass is 9.68. The molecule has 2 heteroatoms. The van der Waals surface area contributed by atoms with Crippen molar-refractivity contribution < 1.29 is 5.11 Å². The van der Waals surface area contributed by atoms with Crippen molar-refractivity contribution in [2.45, 2.75) is 32.1 Å². The van der Waals surface area contributed by atoms with Crippen LogP contribution in [0.15, 0.2) is 54.6 Å². The molecule has 0 radical (unpaired) electrons. The molecule has 0 bridgehead atoms. The van der Waals surface area contributed by atoms with E-state index in [0.717, 1.165) is 32.5 Å². The molecular formula is C21H27NO. The number of aromatic hydroxyl groups is 1. The van der Waals surface area contributed by atoms with Gasteiger partial charge in [0.25, 0.3) is 0 Å². The number of piperidine rings is 1. The summed E-state index contributed by atoms with van der Waals surface area (Å²) in [7, 11) is 0. The molecule has 0 unspecified atom stereocenters. The Balaban J connectivity index is 1.63. The lowest BCUT2D eigenvalue weighted by Gasteiger charge is -2.45. The van der Waals surface area contributed by atoms with Gasteiger partial charge < -0.3 is 10.0 Å². The van der Waals surface area contributed by atoms with Crippen LogP contribution in [-0.4, -0.2) is 29.6 Å². The third kappa shape index (κ3) is 3.59. The number of nitrogens with zero attached hydrogens (tertiary/aromatic N) is 1. The number of rotatable bonds is 4. The van der Waals surface area contributed by atoms with Crippen molar-refractivity contribution in [3.63, 3.8) is 0 Å². The molecule has 2 nitrogen and oxygen atoms in total. The summed E-state index contributed by atoms with van der Waals surface area (Å²) >= 11 is 0. The minimum atomic E-state index is 0.155. The summed E-state index contributed by atoms with van der Waals surface area (Å²) < 4.78 is 0. The normalized spacial score (nSPS) is 25.4. The topological polar surface area (TPSA) is 23.5 Å². The first-order valence-electron chi connectivity index (χ1n) is 8.64. The van der Waals surface area contributed by atoms with Gasteiger partial charge in [-0.3, -0.25) is 0 Å². The van der Waals surface area contributed by atoms with Crippen LogP contribution >= 0.6 is 0 Å². The predicted octanol–water partition coefficient (Wildman–Crippen LogP) is 4.23. The molecule has 1 heterocycles. The monoisotopic (exact) mass is 309 g/mol. The largest absolute Gasteiger partial charge is 0.508 e. The Hall–Kier alpha value is -1.80. The summed E-state index contributed by atoms with van der Waals surface area (Å²) in [6, 6.07) is 18.6. The van der Waals surface area contributed by atoms with E-state index in [0.29, 0.717) is 11.7 Å². The van der Waals surface area contributed by atoms with Crippen LogP contribution in [0.3, 0.4) is 0 Å². The molecule has 23 heavy (non-hydrogen) atoms. The Labute approximate surface area is 139 Å². The number of phenols is 1. The number of hydrogen-bond acceptors (Lipinski definition) is 2. The maximum atomic E-state index is 9.80. The van der Waals surface area contributed by atoms with Gasteiger partial charge in [-0.2, -0.15) is 0 Å². The maximum absolute atomic E-state index is 9.80. The zero-order chi connectivity index (χ0) is 16.3. The van der Waals surface area contributed by atoms with Gasteiger partial charge in [-0.15, -0.1) is 0 Å². The van der Waals surface area contributed by atoms with E-state index in [1.165, 1.54) is 11.1 Å². The van der Waals surface area contributed by atoms with Crippen molar-refractivity contribution in [3.05, 3.63) is 65.7 Å². The highest BCUT2D eigenvalue weighted by Crippen LogP contribution is 2.40. The van der Waals surface area contributed by atoms with Gasteiger partial charge in [0.1, 0.15) is 5.75 Å². The molecule has 2 aromatic carbocycles. The fourth-order valence-electron chi connectivity index (χ4n) is 3.74. The molecule has 2 aromatic rings. The average Bonchev–Trinajstić information content (AvgIpc) is 2.57. The Morgan fingerprint density at radius 1 is 1.13 bits per heavy atom. The first-order chi connectivity index (χ1) is 11.1. The fraction of sp³-hybridized carbons (Fsp3) is 0.429. The van der Waals surface area contributed by atoms with E-state index < -0.39 is 0 Å². The van der Waals surface area contributed by atoms with E-state index in [-0.39, 0.29) is 5.41 Å². The molecule has 1 fully saturated rings. The molecule has 3 rings (SSSR count). The molecule has 1 aliphatic heterocycles. The second-order valence-electron chi connectivity index (χ2n) is 7.16. The molecule has 1 aliphatic rings. The number of hydrogen-bond donors (Lipinski definition) is 1. The van der Waals surface area contributed by atoms with Gasteiger partial charge in [0.05, 0.1) is 0 Å². The molecule has 2 atom stereocenters. The van der Waals surface area contributed by atoms with E-state index in [1.54, 1.807) is 6.07 Å². The highest BCUT2D eigenvalue weighted by atomic mass is 16.3. The summed E-state index contributed by atoms with van der Waals surface area (Å²) in [4.78, 5) is 2.59. The van der Waals surface area contributed by atoms with E-state index in [2.05, 4.69) is 55.1 Å². The first-order valence-corrected chi connectivity index (χ1v) is 8.64. The van der Waals surface area contributed by atoms with Crippen molar-refractivity contribution in [1.29, 1.82) is 0 Å². The number of likely N-dealkylation sites (tertiary alicyclic amines) is 1. The van der Waals surface area contributed by atoms with Gasteiger partial charge in [0, 0.05) is 13.1 Å². The molecule has 0 saturated carbocycles. The molecule has 122 valence electrons. The summed E-state index contributed by atoms with van der Waals surface area (Å²) in [5.41, 5.74) is 2.84. The Morgan fingerprint density at radius 3 is 2.61 bits per heavy atom. The van der Waals surface area contributed by atoms with Crippen molar-refractivity contribution in [2.24, 2.45) is 5.92 Å². The molecule has 0 aliphatic carbocycles. The van der Waals surface area contributed by atoms with Crippen molar-refractivity contribution in [1.82, 2.24) is 4.90 Å². The SMILES string of the molecule is C[C@H]1CN(CCc2ccccc2)CC[C@]1(C)c1cccc(O)c1. The first kappa shape index (κ1) is 16.1. The van der Waals surface area contributed by atoms with Gasteiger partial charge in [-0.05, 0) is 54.0 Å². The van der Waals surface area contributed by atoms with Crippen molar-refractivity contribution in [3.8, 4) is 5.75 Å². The summed E-state index contributed by atoms with van der Waals surface area (Å²) in [6.07, 6.45) is 2.27. The summed E-state index contributed by atoms with van der Waals surface area (Å²) in [5.74, 6) is 0.955. The zero-order valence-corrected chi connectivity index (χ0v) is 14.2. The van der Waals surface area contributed by atoms with E-state index in [9.17, 15) is 5.11 Å². The predicted molar refractivity (Wildman–Crippen MR) is 95.8 cm³/mol. The van der Waals surface area contributed by atoms with Crippen molar-refractivity contribution in [2.75, 3.05) is 19.6 Å². The quantitative estimate of drug-likeness (QED) is 0.913. The van der Waals surface area contributed by atoms with E-state index >= 15 is 0 Å². The summed E-state index contributed by atoms with van der Waals surface area (Å²) in [5, 5.41) is 9.80. The van der Waals surface area contributed by atoms with Gasteiger partial charge in [0.15, 0.2) is 0 Å². The van der Waals surface area contributed by atoms with Crippen LogP contribution < -0.4 is 0 Å². The highest BCUT2D eigenvalue weighted by molar-refractivity contribution is 5.33. The van der Waals surface area contributed by atoms with Crippen molar-refractivity contribution >= 4 is 0 Å². The van der Waals surface area contributed by atoms with E-state index in [1.807, 2.05) is 12.1 Å². The van der Waals surface area contributed by atoms with Gasteiger partial charge >= 0.3 is 0 Å². The Bertz CT molecular complexity index is 639. The molecule has 0 aromatic heterocycles. The molecule has 0 spiro atoms. The van der Waals surface area contributed by atoms with Crippen LogP contribution in [0.5, 0.6) is 5.75 Å². The minimum Gasteiger partial charge on any atom is -0.508 e. The average molecular weight is 309 g/mol. The Morgan fingerprint density at radius 2 is 1.91 bits per heavy atom. The van der Waals surface area contributed by atoms with Crippen LogP contribution in [0.4, 0.5) is 0 Å². The lowest BCUT2D eigenvalue weighted by Crippen LogP contribution is -2.47. The molecular weight excluding hydrogens is 282 g/mol. The lowest BCUT2D eigenvalue weighted by molar-refractivity contribution is 0.112. The molecule has 1 N–H and O–H groups in total. The third-order valence-corrected chi connectivity index (χ3v) is 5.63. The smallest absolute Gasteiger partial charge is 0.115 e. The summed E-state index contributed by atoms with van der Waals surface area (Å²) in [6.45, 7) is 8.08. The number of phenolic OH excluding ortho intramolecular Hbond substituents is 1. The second kappa shape index (κ2) is 6.76. The molecule has 1 saturated heterocycles. The van der Waals surface area contributed by atoms with Crippen LogP contribution in [0, 0.1) is 5.92 Å². The number of benzene rings is 2. The van der Waals surface area contributed by atoms with E-state index in [4.69, 9.17) is 0 Å². The standard InChI is InChI=1S/C21H27NO/c1-17-16-22(13-11-18-7-4-3-5-8-18)14-12-21(17,2)19-9-6-10-20(23)15-19/h3-10,15,17,23H,11-14,16H2,1-2H3/t17-,21-/m0/s1. The van der Waals surface area contributed by atoms with Crippen LogP contribution in [0.1, 0.15) is 31.4 Å². The Kier molecular flexibility index (Phi) is 4.72. The zero-order valence-electron chi connectivity index (χ0n) is 14.2. The van der Waals surface area contributed by atoms with Crippen LogP contribution in [0.25, 0.3) is 0 Å². The minimum absolute atomic E-state index is 0.155. The third-order valence-electron chi connectivity index (χ3n) is 5.63. The van der Waals surface area contributed by atoms with Crippen LogP contribution in [-0.2, 0) is 11.8 Å². The second-order valence-corrected chi connectivity index (χ2v) is 7.16. The maximum Gasteiger partial charge on any atom is 0.115 e.